The summed E-state index contributed by atoms with van der Waals surface area (Å²) in [6.45, 7) is 2.10. The van der Waals surface area contributed by atoms with E-state index in [2.05, 4.69) is 22.4 Å². The number of aromatic nitrogens is 2. The Kier molecular flexibility index (Phi) is 6.19. The van der Waals surface area contributed by atoms with Crippen LogP contribution in [0, 0.1) is 0 Å². The van der Waals surface area contributed by atoms with Gasteiger partial charge in [0.25, 0.3) is 5.89 Å². The van der Waals surface area contributed by atoms with Crippen LogP contribution in [0.4, 0.5) is 6.01 Å². The van der Waals surface area contributed by atoms with Gasteiger partial charge < -0.3 is 4.42 Å². The zero-order valence-corrected chi connectivity index (χ0v) is 16.2. The molecule has 2 aromatic carbocycles. The van der Waals surface area contributed by atoms with Crippen molar-refractivity contribution in [2.24, 2.45) is 0 Å². The van der Waals surface area contributed by atoms with Gasteiger partial charge in [-0.1, -0.05) is 47.4 Å². The molecule has 1 heterocycles. The van der Waals surface area contributed by atoms with E-state index >= 15 is 0 Å². The molecule has 1 aromatic heterocycles. The first kappa shape index (κ1) is 18.8. The minimum absolute atomic E-state index is 0.0224. The summed E-state index contributed by atoms with van der Waals surface area (Å²) in [4.78, 5) is 13.3. The highest BCUT2D eigenvalue weighted by molar-refractivity contribution is 7.99. The molecule has 3 rings (SSSR count). The van der Waals surface area contributed by atoms with Crippen molar-refractivity contribution in [3.63, 3.8) is 0 Å². The van der Waals surface area contributed by atoms with Crippen LogP contribution in [-0.4, -0.2) is 21.9 Å². The summed E-state index contributed by atoms with van der Waals surface area (Å²) in [5.41, 5.74) is 1.46. The number of anilines is 1. The van der Waals surface area contributed by atoms with Gasteiger partial charge in [0.05, 0.1) is 17.0 Å². The quantitative estimate of drug-likeness (QED) is 0.558. The minimum Gasteiger partial charge on any atom is -0.403 e. The van der Waals surface area contributed by atoms with E-state index in [-0.39, 0.29) is 24.2 Å². The normalized spacial score (nSPS) is 10.7. The van der Waals surface area contributed by atoms with Gasteiger partial charge in [-0.05, 0) is 41.6 Å². The highest BCUT2D eigenvalue weighted by Crippen LogP contribution is 2.30. The molecular weight excluding hydrogens is 393 g/mol. The van der Waals surface area contributed by atoms with E-state index in [0.717, 1.165) is 11.3 Å². The molecule has 0 aliphatic carbocycles. The molecule has 8 heteroatoms. The maximum absolute atomic E-state index is 12.2. The van der Waals surface area contributed by atoms with Crippen molar-refractivity contribution in [1.29, 1.82) is 0 Å². The summed E-state index contributed by atoms with van der Waals surface area (Å²) < 4.78 is 5.46. The Bertz CT molecular complexity index is 913. The first-order valence-electron chi connectivity index (χ1n) is 7.85. The van der Waals surface area contributed by atoms with Gasteiger partial charge in [0.2, 0.25) is 5.91 Å². The van der Waals surface area contributed by atoms with Crippen LogP contribution in [0.25, 0.3) is 11.5 Å². The maximum Gasteiger partial charge on any atom is 0.322 e. The van der Waals surface area contributed by atoms with Gasteiger partial charge in [0, 0.05) is 9.92 Å². The summed E-state index contributed by atoms with van der Waals surface area (Å²) in [6, 6.07) is 12.8. The van der Waals surface area contributed by atoms with Crippen LogP contribution in [0.5, 0.6) is 0 Å². The van der Waals surface area contributed by atoms with Gasteiger partial charge in [-0.15, -0.1) is 16.9 Å². The van der Waals surface area contributed by atoms with Crippen molar-refractivity contribution < 1.29 is 9.21 Å². The van der Waals surface area contributed by atoms with Crippen molar-refractivity contribution in [3.05, 3.63) is 58.1 Å². The second kappa shape index (κ2) is 8.58. The topological polar surface area (TPSA) is 68.0 Å². The first-order chi connectivity index (χ1) is 12.5. The predicted octanol–water partition coefficient (Wildman–Crippen LogP) is 5.34. The Morgan fingerprint density at radius 3 is 2.62 bits per heavy atom. The van der Waals surface area contributed by atoms with Crippen LogP contribution in [0.3, 0.4) is 0 Å². The molecule has 0 atom stereocenters. The zero-order chi connectivity index (χ0) is 18.5. The van der Waals surface area contributed by atoms with Gasteiger partial charge in [-0.25, -0.2) is 0 Å². The molecule has 26 heavy (non-hydrogen) atoms. The number of thioether (sulfide) groups is 1. The van der Waals surface area contributed by atoms with E-state index in [4.69, 9.17) is 27.6 Å². The SMILES string of the molecule is CCSc1ccc(CC(=O)Nc2nnc(-c3ccc(Cl)cc3Cl)o2)cc1. The fourth-order valence-electron chi connectivity index (χ4n) is 2.26. The number of benzene rings is 2. The monoisotopic (exact) mass is 407 g/mol. The third-order valence-corrected chi connectivity index (χ3v) is 4.87. The van der Waals surface area contributed by atoms with E-state index < -0.39 is 0 Å². The lowest BCUT2D eigenvalue weighted by Crippen LogP contribution is -2.14. The molecule has 1 amide bonds. The number of hydrogen-bond acceptors (Lipinski definition) is 5. The van der Waals surface area contributed by atoms with Crippen LogP contribution in [-0.2, 0) is 11.2 Å². The summed E-state index contributed by atoms with van der Waals surface area (Å²) in [5, 5.41) is 11.2. The first-order valence-corrected chi connectivity index (χ1v) is 9.60. The Labute approximate surface area is 165 Å². The largest absolute Gasteiger partial charge is 0.403 e. The number of halogens is 2. The number of carbonyl (C=O) groups is 1. The van der Waals surface area contributed by atoms with E-state index in [1.807, 2.05) is 24.3 Å². The molecular formula is C18H15Cl2N3O2S. The molecule has 0 unspecified atom stereocenters. The lowest BCUT2D eigenvalue weighted by molar-refractivity contribution is -0.115. The van der Waals surface area contributed by atoms with Crippen LogP contribution in [0.2, 0.25) is 10.0 Å². The number of hydrogen-bond donors (Lipinski definition) is 1. The fourth-order valence-corrected chi connectivity index (χ4v) is 3.42. The summed E-state index contributed by atoms with van der Waals surface area (Å²) in [5.74, 6) is 0.984. The minimum atomic E-state index is -0.238. The van der Waals surface area contributed by atoms with Gasteiger partial charge in [0.15, 0.2) is 0 Å². The molecule has 3 aromatic rings. The second-order valence-electron chi connectivity index (χ2n) is 5.34. The third-order valence-electron chi connectivity index (χ3n) is 3.43. The van der Waals surface area contributed by atoms with Crippen LogP contribution < -0.4 is 5.32 Å². The van der Waals surface area contributed by atoms with Gasteiger partial charge in [-0.3, -0.25) is 10.1 Å². The van der Waals surface area contributed by atoms with Crippen LogP contribution in [0.1, 0.15) is 12.5 Å². The lowest BCUT2D eigenvalue weighted by atomic mass is 10.1. The average Bonchev–Trinajstić information content (AvgIpc) is 3.05. The number of nitrogens with one attached hydrogen (secondary N) is 1. The molecule has 0 spiro atoms. The summed E-state index contributed by atoms with van der Waals surface area (Å²) >= 11 is 13.7. The van der Waals surface area contributed by atoms with Crippen LogP contribution in [0.15, 0.2) is 51.8 Å². The zero-order valence-electron chi connectivity index (χ0n) is 13.8. The number of rotatable bonds is 6. The molecule has 0 fully saturated rings. The van der Waals surface area contributed by atoms with Crippen LogP contribution >= 0.6 is 35.0 Å². The van der Waals surface area contributed by atoms with Gasteiger partial charge >= 0.3 is 6.01 Å². The molecule has 0 radical (unpaired) electrons. The molecule has 0 bridgehead atoms. The number of nitrogens with zero attached hydrogens (tertiary/aromatic N) is 2. The number of amides is 1. The Balaban J connectivity index is 1.64. The molecule has 5 nitrogen and oxygen atoms in total. The van der Waals surface area contributed by atoms with Crippen molar-refractivity contribution in [2.45, 2.75) is 18.2 Å². The van der Waals surface area contributed by atoms with E-state index in [1.165, 1.54) is 4.90 Å². The number of carbonyl (C=O) groups excluding carboxylic acids is 1. The van der Waals surface area contributed by atoms with E-state index in [1.54, 1.807) is 30.0 Å². The van der Waals surface area contributed by atoms with Crippen molar-refractivity contribution in [1.82, 2.24) is 10.2 Å². The highest BCUT2D eigenvalue weighted by atomic mass is 35.5. The molecule has 0 aliphatic heterocycles. The Hall–Kier alpha value is -2.02. The molecule has 1 N–H and O–H groups in total. The van der Waals surface area contributed by atoms with E-state index in [0.29, 0.717) is 15.6 Å². The highest BCUT2D eigenvalue weighted by Gasteiger charge is 2.14. The molecule has 134 valence electrons. The van der Waals surface area contributed by atoms with Crippen molar-refractivity contribution in [3.8, 4) is 11.5 Å². The standard InChI is InChI=1S/C18H15Cl2N3O2S/c1-2-26-13-6-3-11(4-7-13)9-16(24)21-18-23-22-17(25-18)14-8-5-12(19)10-15(14)20/h3-8,10H,2,9H2,1H3,(H,21,23,24). The molecule has 0 saturated carbocycles. The lowest BCUT2D eigenvalue weighted by Gasteiger charge is -2.03. The third kappa shape index (κ3) is 4.78. The summed E-state index contributed by atoms with van der Waals surface area (Å²) in [7, 11) is 0. The Morgan fingerprint density at radius 1 is 1.15 bits per heavy atom. The fraction of sp³-hybridized carbons (Fsp3) is 0.167. The Morgan fingerprint density at radius 2 is 1.92 bits per heavy atom. The average molecular weight is 408 g/mol. The van der Waals surface area contributed by atoms with Crippen molar-refractivity contribution >= 4 is 46.9 Å². The summed E-state index contributed by atoms with van der Waals surface area (Å²) in [6.07, 6.45) is 0.219. The molecule has 0 aliphatic rings. The van der Waals surface area contributed by atoms with Crippen molar-refractivity contribution in [2.75, 3.05) is 11.1 Å². The van der Waals surface area contributed by atoms with E-state index in [9.17, 15) is 4.79 Å². The maximum atomic E-state index is 12.2. The smallest absolute Gasteiger partial charge is 0.322 e. The van der Waals surface area contributed by atoms with Gasteiger partial charge in [0.1, 0.15) is 0 Å². The molecule has 0 saturated heterocycles. The second-order valence-corrected chi connectivity index (χ2v) is 7.52. The predicted molar refractivity (Wildman–Crippen MR) is 105 cm³/mol. The van der Waals surface area contributed by atoms with Gasteiger partial charge in [-0.2, -0.15) is 0 Å².